The van der Waals surface area contributed by atoms with Crippen LogP contribution < -0.4 is 14.8 Å². The topological polar surface area (TPSA) is 124 Å². The van der Waals surface area contributed by atoms with Crippen molar-refractivity contribution in [1.29, 1.82) is 0 Å². The molecule has 4 aromatic rings. The van der Waals surface area contributed by atoms with Crippen molar-refractivity contribution in [3.63, 3.8) is 0 Å². The number of amides is 1. The van der Waals surface area contributed by atoms with E-state index in [1.807, 2.05) is 42.2 Å². The third-order valence-electron chi connectivity index (χ3n) is 10.4. The number of anilines is 1. The Morgan fingerprint density at radius 1 is 0.885 bits per heavy atom. The fourth-order valence-corrected chi connectivity index (χ4v) is 7.41. The number of benzene rings is 3. The van der Waals surface area contributed by atoms with E-state index in [1.54, 1.807) is 20.3 Å². The molecule has 2 aliphatic heterocycles. The number of ether oxygens (including phenoxy) is 2. The van der Waals surface area contributed by atoms with Crippen LogP contribution in [0.4, 0.5) is 5.69 Å². The molecule has 0 saturated carbocycles. The molecule has 2 aliphatic rings. The lowest BCUT2D eigenvalue weighted by Gasteiger charge is -2.23. The molecule has 0 bridgehead atoms. The molecule has 0 unspecified atom stereocenters. The Morgan fingerprint density at radius 2 is 1.63 bits per heavy atom. The fourth-order valence-electron chi connectivity index (χ4n) is 7.41. The molecule has 272 valence electrons. The molecule has 10 heteroatoms. The zero-order valence-corrected chi connectivity index (χ0v) is 30.6. The minimum absolute atomic E-state index is 0.260. The number of aliphatic hydroxyl groups excluding tert-OH is 1. The van der Waals surface area contributed by atoms with Gasteiger partial charge in [0, 0.05) is 43.0 Å². The van der Waals surface area contributed by atoms with Crippen molar-refractivity contribution in [2.45, 2.75) is 65.3 Å². The summed E-state index contributed by atoms with van der Waals surface area (Å²) in [4.78, 5) is 33.9. The van der Waals surface area contributed by atoms with Gasteiger partial charge in [0.2, 0.25) is 5.88 Å². The first-order chi connectivity index (χ1) is 25.1. The van der Waals surface area contributed by atoms with Crippen LogP contribution in [0.3, 0.4) is 0 Å². The summed E-state index contributed by atoms with van der Waals surface area (Å²) >= 11 is 0. The highest BCUT2D eigenvalue weighted by Gasteiger charge is 2.31. The zero-order valence-electron chi connectivity index (χ0n) is 30.6. The van der Waals surface area contributed by atoms with Gasteiger partial charge in [0.25, 0.3) is 5.91 Å². The summed E-state index contributed by atoms with van der Waals surface area (Å²) in [5, 5.41) is 22.6. The van der Waals surface area contributed by atoms with Gasteiger partial charge in [-0.1, -0.05) is 48.6 Å². The fraction of sp³-hybridized carbons (Fsp3) is 0.357. The minimum Gasteiger partial charge on any atom is -0.496 e. The number of aliphatic hydroxyl groups is 1. The number of β-amino-alcohol motifs (C(OH)–C–C–N with tert-alkyl or cyclic N) is 1. The monoisotopic (exact) mass is 704 g/mol. The van der Waals surface area contributed by atoms with Crippen LogP contribution in [-0.4, -0.2) is 82.9 Å². The van der Waals surface area contributed by atoms with E-state index in [1.165, 1.54) is 0 Å². The van der Waals surface area contributed by atoms with E-state index in [-0.39, 0.29) is 17.7 Å². The Balaban J connectivity index is 1.19. The maximum atomic E-state index is 13.4. The number of carbonyl (C=O) groups is 2. The van der Waals surface area contributed by atoms with Crippen molar-refractivity contribution < 1.29 is 29.3 Å². The maximum absolute atomic E-state index is 13.4. The number of nitrogens with zero attached hydrogens (tertiary/aromatic N) is 3. The van der Waals surface area contributed by atoms with Crippen molar-refractivity contribution >= 4 is 29.7 Å². The first-order valence-corrected chi connectivity index (χ1v) is 17.8. The van der Waals surface area contributed by atoms with Crippen LogP contribution in [0.15, 0.2) is 60.7 Å². The molecule has 0 aliphatic carbocycles. The van der Waals surface area contributed by atoms with E-state index in [4.69, 9.17) is 9.47 Å². The first-order valence-electron chi connectivity index (χ1n) is 17.8. The summed E-state index contributed by atoms with van der Waals surface area (Å²) < 4.78 is 11.3. The predicted octanol–water partition coefficient (Wildman–Crippen LogP) is 6.73. The number of hydrogen-bond donors (Lipinski definition) is 3. The number of likely N-dealkylation sites (tertiary alicyclic amines) is 2. The van der Waals surface area contributed by atoms with E-state index < -0.39 is 12.0 Å². The number of hydrogen-bond acceptors (Lipinski definition) is 8. The number of rotatable bonds is 12. The van der Waals surface area contributed by atoms with Crippen molar-refractivity contribution in [2.24, 2.45) is 0 Å². The molecule has 2 saturated heterocycles. The Bertz CT molecular complexity index is 1990. The van der Waals surface area contributed by atoms with Crippen LogP contribution in [0.1, 0.15) is 68.7 Å². The quantitative estimate of drug-likeness (QED) is 0.138. The summed E-state index contributed by atoms with van der Waals surface area (Å²) in [5.41, 5.74) is 10.1. The van der Waals surface area contributed by atoms with Gasteiger partial charge in [-0.15, -0.1) is 0 Å². The van der Waals surface area contributed by atoms with Crippen molar-refractivity contribution in [3.05, 3.63) is 105 Å². The van der Waals surface area contributed by atoms with E-state index >= 15 is 0 Å². The number of aryl methyl sites for hydroxylation is 1. The Morgan fingerprint density at radius 3 is 2.35 bits per heavy atom. The number of pyridine rings is 1. The summed E-state index contributed by atoms with van der Waals surface area (Å²) in [6.45, 7) is 9.49. The normalized spacial score (nSPS) is 17.9. The SMILES string of the molecule is COc1cc(/C=C/c2cccc(-c3cccc(NC(=O)c4ccc(CN5CC[C@@H](O)C5)c(OC)n4)c3C)c2C)c(C)cc1CN1CCC[C@H]1C(=O)O. The molecule has 0 radical (unpaired) electrons. The minimum atomic E-state index is -0.770. The van der Waals surface area contributed by atoms with Gasteiger partial charge in [-0.2, -0.15) is 0 Å². The first kappa shape index (κ1) is 36.8. The van der Waals surface area contributed by atoms with Crippen molar-refractivity contribution in [1.82, 2.24) is 14.8 Å². The lowest BCUT2D eigenvalue weighted by Crippen LogP contribution is -2.35. The molecule has 0 spiro atoms. The van der Waals surface area contributed by atoms with Gasteiger partial charge in [0.15, 0.2) is 0 Å². The molecule has 2 fully saturated rings. The molecule has 1 aromatic heterocycles. The van der Waals surface area contributed by atoms with Gasteiger partial charge < -0.3 is 25.0 Å². The Hall–Kier alpha value is -5.03. The summed E-state index contributed by atoms with van der Waals surface area (Å²) in [7, 11) is 3.20. The van der Waals surface area contributed by atoms with Crippen LogP contribution in [-0.2, 0) is 17.9 Å². The van der Waals surface area contributed by atoms with Gasteiger partial charge in [-0.05, 0) is 110 Å². The smallest absolute Gasteiger partial charge is 0.320 e. The number of carbonyl (C=O) groups excluding carboxylic acids is 1. The summed E-state index contributed by atoms with van der Waals surface area (Å²) in [5.74, 6) is 0.0520. The van der Waals surface area contributed by atoms with Gasteiger partial charge in [0.05, 0.1) is 20.3 Å². The highest BCUT2D eigenvalue weighted by atomic mass is 16.5. The maximum Gasteiger partial charge on any atom is 0.320 e. The average molecular weight is 705 g/mol. The van der Waals surface area contributed by atoms with E-state index in [9.17, 15) is 19.8 Å². The second-order valence-electron chi connectivity index (χ2n) is 13.8. The Labute approximate surface area is 305 Å². The van der Waals surface area contributed by atoms with Crippen LogP contribution in [0.5, 0.6) is 11.6 Å². The van der Waals surface area contributed by atoms with E-state index in [0.717, 1.165) is 81.8 Å². The van der Waals surface area contributed by atoms with Gasteiger partial charge in [0.1, 0.15) is 17.5 Å². The molecular formula is C42H48N4O6. The molecule has 1 amide bonds. The molecular weight excluding hydrogens is 656 g/mol. The molecule has 2 atom stereocenters. The van der Waals surface area contributed by atoms with Crippen LogP contribution >= 0.6 is 0 Å². The van der Waals surface area contributed by atoms with E-state index in [0.29, 0.717) is 37.6 Å². The highest BCUT2D eigenvalue weighted by Crippen LogP contribution is 2.34. The van der Waals surface area contributed by atoms with Gasteiger partial charge in [-0.25, -0.2) is 4.98 Å². The number of methoxy groups -OCH3 is 2. The zero-order chi connectivity index (χ0) is 36.9. The standard InChI is InChI=1S/C42H48N4O6/c1-26-21-32(24-46-19-8-13-38(46)42(49)50)39(51-4)22-30(26)15-14-29-9-6-10-34(27(29)2)35-11-7-12-36(28(35)3)43-40(48)37-17-16-31(41(44-37)52-5)23-45-20-18-33(47)25-45/h6-7,9-12,14-17,21-22,33,38,47H,8,13,18-20,23-25H2,1-5H3,(H,43,48)(H,49,50)/b15-14+/t33-,38+/m1/s1. The number of aromatic nitrogens is 1. The average Bonchev–Trinajstić information content (AvgIpc) is 3.78. The Kier molecular flexibility index (Phi) is 11.4. The molecule has 3 N–H and O–H groups in total. The largest absolute Gasteiger partial charge is 0.496 e. The molecule has 10 nitrogen and oxygen atoms in total. The third-order valence-corrected chi connectivity index (χ3v) is 10.4. The molecule has 3 aromatic carbocycles. The van der Waals surface area contributed by atoms with Crippen molar-refractivity contribution in [3.8, 4) is 22.8 Å². The summed E-state index contributed by atoms with van der Waals surface area (Å²) in [6, 6.07) is 19.4. The lowest BCUT2D eigenvalue weighted by atomic mass is 9.92. The third kappa shape index (κ3) is 8.04. The number of carboxylic acids is 1. The number of carboxylic acid groups (broad SMARTS) is 1. The van der Waals surface area contributed by atoms with Crippen LogP contribution in [0.2, 0.25) is 0 Å². The molecule has 52 heavy (non-hydrogen) atoms. The lowest BCUT2D eigenvalue weighted by molar-refractivity contribution is -0.142. The summed E-state index contributed by atoms with van der Waals surface area (Å²) in [6.07, 6.45) is 6.18. The van der Waals surface area contributed by atoms with Gasteiger partial charge in [-0.3, -0.25) is 19.4 Å². The van der Waals surface area contributed by atoms with Crippen molar-refractivity contribution in [2.75, 3.05) is 39.2 Å². The molecule has 3 heterocycles. The number of aliphatic carboxylic acids is 1. The molecule has 6 rings (SSSR count). The van der Waals surface area contributed by atoms with Gasteiger partial charge >= 0.3 is 5.97 Å². The van der Waals surface area contributed by atoms with Crippen LogP contribution in [0.25, 0.3) is 23.3 Å². The second kappa shape index (κ2) is 16.1. The highest BCUT2D eigenvalue weighted by molar-refractivity contribution is 6.04. The number of nitrogens with one attached hydrogen (secondary N) is 1. The van der Waals surface area contributed by atoms with E-state index in [2.05, 4.69) is 65.5 Å². The second-order valence-corrected chi connectivity index (χ2v) is 13.8. The van der Waals surface area contributed by atoms with Crippen LogP contribution in [0, 0.1) is 20.8 Å². The predicted molar refractivity (Wildman–Crippen MR) is 204 cm³/mol.